The summed E-state index contributed by atoms with van der Waals surface area (Å²) in [6.07, 6.45) is 3.11. The van der Waals surface area contributed by atoms with Crippen molar-refractivity contribution in [2.75, 3.05) is 0 Å². The second-order valence-corrected chi connectivity index (χ2v) is 5.58. The third-order valence-electron chi connectivity index (χ3n) is 2.98. The molecular weight excluding hydrogens is 328 g/mol. The second-order valence-electron chi connectivity index (χ2n) is 4.74. The lowest BCUT2D eigenvalue weighted by Crippen LogP contribution is -2.22. The van der Waals surface area contributed by atoms with Gasteiger partial charge in [0.25, 0.3) is 5.91 Å². The number of aromatic nitrogens is 2. The molecule has 3 rings (SSSR count). The Morgan fingerprint density at radius 1 is 1.33 bits per heavy atom. The minimum Gasteiger partial charge on any atom is -0.458 e. The van der Waals surface area contributed by atoms with E-state index in [4.69, 9.17) is 15.9 Å². The molecule has 8 nitrogen and oxygen atoms in total. The molecule has 0 aliphatic rings. The number of hydrogen-bond donors (Lipinski definition) is 3. The highest BCUT2D eigenvalue weighted by atomic mass is 32.1. The number of aliphatic imine (C=N–C) groups is 1. The van der Waals surface area contributed by atoms with Crippen molar-refractivity contribution >= 4 is 28.3 Å². The average molecular weight is 342 g/mol. The fraction of sp³-hybridized carbons (Fsp3) is 0.0667. The van der Waals surface area contributed by atoms with Crippen molar-refractivity contribution in [2.24, 2.45) is 16.5 Å². The molecule has 0 bridgehead atoms. The average Bonchev–Trinajstić information content (AvgIpc) is 3.22. The summed E-state index contributed by atoms with van der Waals surface area (Å²) >= 11 is 1.30. The topological polar surface area (TPSA) is 132 Å². The molecule has 24 heavy (non-hydrogen) atoms. The Bertz CT molecular complexity index is 867. The van der Waals surface area contributed by atoms with Gasteiger partial charge in [-0.15, -0.1) is 11.3 Å². The Hall–Kier alpha value is -3.20. The number of rotatable bonds is 5. The highest BCUT2D eigenvalue weighted by molar-refractivity contribution is 7.13. The summed E-state index contributed by atoms with van der Waals surface area (Å²) in [5, 5.41) is 5.01. The van der Waals surface area contributed by atoms with Crippen LogP contribution in [0.25, 0.3) is 11.5 Å². The molecule has 0 fully saturated rings. The number of hydrogen-bond acceptors (Lipinski definition) is 6. The van der Waals surface area contributed by atoms with Crippen LogP contribution < -0.4 is 16.8 Å². The number of nitrogens with two attached hydrogens (primary N) is 2. The number of thiazole rings is 1. The molecule has 9 heteroatoms. The first-order valence-electron chi connectivity index (χ1n) is 6.94. The number of pyridine rings is 1. The normalized spacial score (nSPS) is 10.3. The summed E-state index contributed by atoms with van der Waals surface area (Å²) in [4.78, 5) is 24.0. The number of nitrogens with zero attached hydrogens (tertiary/aromatic N) is 3. The van der Waals surface area contributed by atoms with E-state index in [9.17, 15) is 4.79 Å². The van der Waals surface area contributed by atoms with Crippen LogP contribution in [0.4, 0.5) is 5.13 Å². The van der Waals surface area contributed by atoms with Gasteiger partial charge in [0.1, 0.15) is 11.5 Å². The standard InChI is InChI=1S/C15H14N6O2S/c16-14(17)21-15-20-11(8-24-15)12-4-3-10(23-12)7-19-13(22)9-2-1-5-18-6-9/h1-6,8H,7H2,(H,19,22)(H4,16,17,20,21). The van der Waals surface area contributed by atoms with Gasteiger partial charge in [-0.05, 0) is 24.3 Å². The van der Waals surface area contributed by atoms with E-state index in [0.717, 1.165) is 0 Å². The maximum atomic E-state index is 12.0. The molecular formula is C15H14N6O2S. The van der Waals surface area contributed by atoms with Crippen LogP contribution in [0.3, 0.4) is 0 Å². The molecule has 3 aromatic rings. The van der Waals surface area contributed by atoms with Crippen LogP contribution in [0.15, 0.2) is 51.4 Å². The van der Waals surface area contributed by atoms with Crippen molar-refractivity contribution in [3.8, 4) is 11.5 Å². The van der Waals surface area contributed by atoms with E-state index < -0.39 is 0 Å². The van der Waals surface area contributed by atoms with Crippen molar-refractivity contribution in [2.45, 2.75) is 6.54 Å². The third kappa shape index (κ3) is 3.76. The smallest absolute Gasteiger partial charge is 0.253 e. The van der Waals surface area contributed by atoms with Gasteiger partial charge >= 0.3 is 0 Å². The van der Waals surface area contributed by atoms with Crippen molar-refractivity contribution < 1.29 is 9.21 Å². The number of carbonyl (C=O) groups excluding carboxylic acids is 1. The molecule has 0 saturated heterocycles. The Morgan fingerprint density at radius 2 is 2.21 bits per heavy atom. The van der Waals surface area contributed by atoms with E-state index in [1.165, 1.54) is 17.5 Å². The molecule has 0 aliphatic carbocycles. The second kappa shape index (κ2) is 6.92. The molecule has 0 unspecified atom stereocenters. The van der Waals surface area contributed by atoms with Gasteiger partial charge in [-0.2, -0.15) is 4.99 Å². The highest BCUT2D eigenvalue weighted by Crippen LogP contribution is 2.27. The van der Waals surface area contributed by atoms with Crippen LogP contribution in [0.5, 0.6) is 0 Å². The zero-order valence-electron chi connectivity index (χ0n) is 12.5. The molecule has 0 radical (unpaired) electrons. The predicted octanol–water partition coefficient (Wildman–Crippen LogP) is 1.63. The summed E-state index contributed by atoms with van der Waals surface area (Å²) in [7, 11) is 0. The highest BCUT2D eigenvalue weighted by Gasteiger charge is 2.11. The fourth-order valence-electron chi connectivity index (χ4n) is 1.92. The Labute approximate surface area is 141 Å². The minimum absolute atomic E-state index is 0.0471. The van der Waals surface area contributed by atoms with E-state index >= 15 is 0 Å². The maximum Gasteiger partial charge on any atom is 0.253 e. The molecule has 0 saturated carbocycles. The Morgan fingerprint density at radius 3 is 2.96 bits per heavy atom. The first-order chi connectivity index (χ1) is 11.6. The van der Waals surface area contributed by atoms with Crippen molar-refractivity contribution in [1.82, 2.24) is 15.3 Å². The third-order valence-corrected chi connectivity index (χ3v) is 3.71. The predicted molar refractivity (Wildman–Crippen MR) is 90.7 cm³/mol. The lowest BCUT2D eigenvalue weighted by atomic mass is 10.2. The van der Waals surface area contributed by atoms with Crippen LogP contribution in [0, 0.1) is 0 Å². The number of furan rings is 1. The molecule has 3 heterocycles. The summed E-state index contributed by atoms with van der Waals surface area (Å²) in [5.41, 5.74) is 11.8. The van der Waals surface area contributed by atoms with Gasteiger partial charge in [0.05, 0.1) is 12.1 Å². The number of amides is 1. The zero-order valence-corrected chi connectivity index (χ0v) is 13.3. The SMILES string of the molecule is NC(N)=Nc1nc(-c2ccc(CNC(=O)c3cccnc3)o2)cs1. The fourth-order valence-corrected chi connectivity index (χ4v) is 2.61. The van der Waals surface area contributed by atoms with Crippen molar-refractivity contribution in [3.63, 3.8) is 0 Å². The van der Waals surface area contributed by atoms with Gasteiger partial charge in [0.2, 0.25) is 5.13 Å². The van der Waals surface area contributed by atoms with Gasteiger partial charge in [-0.3, -0.25) is 9.78 Å². The summed E-state index contributed by atoms with van der Waals surface area (Å²) in [6, 6.07) is 6.95. The molecule has 122 valence electrons. The molecule has 5 N–H and O–H groups in total. The largest absolute Gasteiger partial charge is 0.458 e. The van der Waals surface area contributed by atoms with Crippen molar-refractivity contribution in [1.29, 1.82) is 0 Å². The van der Waals surface area contributed by atoms with Crippen LogP contribution in [-0.2, 0) is 6.54 Å². The molecule has 0 aromatic carbocycles. The first-order valence-corrected chi connectivity index (χ1v) is 7.82. The molecule has 1 amide bonds. The monoisotopic (exact) mass is 342 g/mol. The molecule has 0 spiro atoms. The quantitative estimate of drug-likeness (QED) is 0.477. The summed E-state index contributed by atoms with van der Waals surface area (Å²) in [6.45, 7) is 0.263. The molecule has 0 atom stereocenters. The maximum absolute atomic E-state index is 12.0. The van der Waals surface area contributed by atoms with Crippen molar-refractivity contribution in [3.05, 3.63) is 53.4 Å². The summed E-state index contributed by atoms with van der Waals surface area (Å²) in [5.74, 6) is 0.923. The van der Waals surface area contributed by atoms with Gasteiger partial charge in [0, 0.05) is 17.8 Å². The Balaban J connectivity index is 1.64. The number of carbonyl (C=O) groups is 1. The van der Waals surface area contributed by atoms with E-state index in [1.54, 1.807) is 35.8 Å². The van der Waals surface area contributed by atoms with E-state index in [-0.39, 0.29) is 18.4 Å². The van der Waals surface area contributed by atoms with Crippen LogP contribution in [0.2, 0.25) is 0 Å². The minimum atomic E-state index is -0.218. The molecule has 0 aliphatic heterocycles. The van der Waals surface area contributed by atoms with E-state index in [2.05, 4.69) is 20.3 Å². The lowest BCUT2D eigenvalue weighted by Gasteiger charge is -2.02. The Kier molecular flexibility index (Phi) is 4.52. The number of nitrogens with one attached hydrogen (secondary N) is 1. The van der Waals surface area contributed by atoms with Gasteiger partial charge in [0.15, 0.2) is 11.7 Å². The first kappa shape index (κ1) is 15.7. The zero-order chi connectivity index (χ0) is 16.9. The van der Waals surface area contributed by atoms with Gasteiger partial charge in [-0.25, -0.2) is 4.98 Å². The van der Waals surface area contributed by atoms with E-state index in [1.807, 2.05) is 0 Å². The number of guanidine groups is 1. The summed E-state index contributed by atoms with van der Waals surface area (Å²) < 4.78 is 5.68. The van der Waals surface area contributed by atoms with Crippen LogP contribution in [0.1, 0.15) is 16.1 Å². The van der Waals surface area contributed by atoms with E-state index in [0.29, 0.717) is 27.9 Å². The van der Waals surface area contributed by atoms with Gasteiger partial charge in [-0.1, -0.05) is 0 Å². The van der Waals surface area contributed by atoms with Crippen LogP contribution >= 0.6 is 11.3 Å². The van der Waals surface area contributed by atoms with Gasteiger partial charge < -0.3 is 21.2 Å². The molecule has 3 aromatic heterocycles. The van der Waals surface area contributed by atoms with Crippen LogP contribution in [-0.4, -0.2) is 21.8 Å². The lowest BCUT2D eigenvalue weighted by molar-refractivity contribution is 0.0947.